The molecule has 0 bridgehead atoms. The first-order chi connectivity index (χ1) is 10.8. The molecule has 0 unspecified atom stereocenters. The van der Waals surface area contributed by atoms with Gasteiger partial charge in [-0.05, 0) is 44.7 Å². The predicted octanol–water partition coefficient (Wildman–Crippen LogP) is 1.80. The molecule has 0 spiro atoms. The third kappa shape index (κ3) is 4.40. The smallest absolute Gasteiger partial charge is 0.336 e. The highest BCUT2D eigenvalue weighted by Crippen LogP contribution is 2.17. The van der Waals surface area contributed by atoms with Crippen molar-refractivity contribution in [2.24, 2.45) is 0 Å². The Hall–Kier alpha value is -1.70. The van der Waals surface area contributed by atoms with Crippen LogP contribution in [0.25, 0.3) is 11.0 Å². The molecule has 0 saturated carbocycles. The normalized spacial score (nSPS) is 13.6. The summed E-state index contributed by atoms with van der Waals surface area (Å²) in [4.78, 5) is 13.4. The summed E-state index contributed by atoms with van der Waals surface area (Å²) in [5.74, 6) is 0. The van der Waals surface area contributed by atoms with E-state index in [0.717, 1.165) is 6.42 Å². The molecule has 2 rings (SSSR count). The molecule has 126 valence electrons. The van der Waals surface area contributed by atoms with E-state index in [0.29, 0.717) is 30.1 Å². The van der Waals surface area contributed by atoms with Crippen LogP contribution in [0, 0.1) is 0 Å². The summed E-state index contributed by atoms with van der Waals surface area (Å²) in [5.41, 5.74) is -0.0905. The van der Waals surface area contributed by atoms with Gasteiger partial charge in [0.1, 0.15) is 5.58 Å². The average molecular weight is 338 g/mol. The van der Waals surface area contributed by atoms with Crippen molar-refractivity contribution in [2.75, 3.05) is 20.1 Å². The van der Waals surface area contributed by atoms with Crippen molar-refractivity contribution >= 4 is 21.0 Å². The Morgan fingerprint density at radius 1 is 1.26 bits per heavy atom. The number of sulfonamides is 1. The Morgan fingerprint density at radius 2 is 2.00 bits per heavy atom. The first-order valence-corrected chi connectivity index (χ1v) is 9.05. The Bertz CT molecular complexity index is 829. The molecule has 0 aliphatic carbocycles. The van der Waals surface area contributed by atoms with Gasteiger partial charge < -0.3 is 9.32 Å². The Kier molecular flexibility index (Phi) is 5.56. The maximum atomic E-state index is 12.3. The third-order valence-electron chi connectivity index (χ3n) is 4.00. The Labute approximate surface area is 136 Å². The van der Waals surface area contributed by atoms with Crippen LogP contribution in [0.2, 0.25) is 0 Å². The van der Waals surface area contributed by atoms with Crippen LogP contribution in [0.3, 0.4) is 0 Å². The number of nitrogens with zero attached hydrogens (tertiary/aromatic N) is 1. The molecule has 1 aromatic heterocycles. The van der Waals surface area contributed by atoms with Gasteiger partial charge in [0.2, 0.25) is 10.0 Å². The van der Waals surface area contributed by atoms with Crippen molar-refractivity contribution in [3.63, 3.8) is 0 Å². The fourth-order valence-corrected chi connectivity index (χ4v) is 3.24. The Morgan fingerprint density at radius 3 is 2.70 bits per heavy atom. The van der Waals surface area contributed by atoms with E-state index < -0.39 is 15.6 Å². The van der Waals surface area contributed by atoms with Gasteiger partial charge in [-0.2, -0.15) is 0 Å². The summed E-state index contributed by atoms with van der Waals surface area (Å²) < 4.78 is 32.3. The number of hydrogen-bond acceptors (Lipinski definition) is 5. The van der Waals surface area contributed by atoms with Crippen molar-refractivity contribution in [1.82, 2.24) is 9.62 Å². The number of nitrogens with one attached hydrogen (secondary N) is 1. The number of fused-ring (bicyclic) bond motifs is 1. The molecule has 1 heterocycles. The van der Waals surface area contributed by atoms with E-state index in [4.69, 9.17) is 4.42 Å². The van der Waals surface area contributed by atoms with Crippen LogP contribution in [0.1, 0.15) is 20.3 Å². The SMILES string of the molecule is CC[C@H](C)N(C)CCNS(=O)(=O)c1ccc2oc(=O)ccc2c1. The lowest BCUT2D eigenvalue weighted by atomic mass is 10.2. The van der Waals surface area contributed by atoms with Gasteiger partial charge in [0.15, 0.2) is 0 Å². The molecule has 2 aromatic rings. The quantitative estimate of drug-likeness (QED) is 0.779. The van der Waals surface area contributed by atoms with Crippen molar-refractivity contribution < 1.29 is 12.8 Å². The van der Waals surface area contributed by atoms with Gasteiger partial charge >= 0.3 is 5.63 Å². The number of likely N-dealkylation sites (N-methyl/N-ethyl adjacent to an activating group) is 1. The lowest BCUT2D eigenvalue weighted by Gasteiger charge is -2.23. The summed E-state index contributed by atoms with van der Waals surface area (Å²) in [6.45, 7) is 5.17. The number of benzene rings is 1. The maximum Gasteiger partial charge on any atom is 0.336 e. The molecule has 1 aromatic carbocycles. The van der Waals surface area contributed by atoms with E-state index in [2.05, 4.69) is 23.5 Å². The number of hydrogen-bond donors (Lipinski definition) is 1. The molecule has 0 aliphatic heterocycles. The first-order valence-electron chi connectivity index (χ1n) is 7.57. The summed E-state index contributed by atoms with van der Waals surface area (Å²) >= 11 is 0. The molecule has 1 atom stereocenters. The zero-order valence-corrected chi connectivity index (χ0v) is 14.4. The second-order valence-corrected chi connectivity index (χ2v) is 7.36. The summed E-state index contributed by atoms with van der Waals surface area (Å²) in [6, 6.07) is 7.66. The predicted molar refractivity (Wildman–Crippen MR) is 90.1 cm³/mol. The van der Waals surface area contributed by atoms with Gasteiger partial charge in [0.25, 0.3) is 0 Å². The lowest BCUT2D eigenvalue weighted by molar-refractivity contribution is 0.256. The zero-order valence-electron chi connectivity index (χ0n) is 13.6. The molecular formula is C16H22N2O4S. The number of rotatable bonds is 7. The molecule has 0 aliphatic rings. The summed E-state index contributed by atoms with van der Waals surface area (Å²) in [5, 5.41) is 0.573. The zero-order chi connectivity index (χ0) is 17.0. The minimum absolute atomic E-state index is 0.157. The fourth-order valence-electron chi connectivity index (χ4n) is 2.19. The molecule has 23 heavy (non-hydrogen) atoms. The highest BCUT2D eigenvalue weighted by atomic mass is 32.2. The minimum atomic E-state index is -3.59. The average Bonchev–Trinajstić information content (AvgIpc) is 2.53. The standard InChI is InChI=1S/C16H22N2O4S/c1-4-12(2)18(3)10-9-17-23(20,21)14-6-7-15-13(11-14)5-8-16(19)22-15/h5-8,11-12,17H,4,9-10H2,1-3H3/t12-/m0/s1. The second kappa shape index (κ2) is 7.25. The minimum Gasteiger partial charge on any atom is -0.423 e. The van der Waals surface area contributed by atoms with Crippen LogP contribution >= 0.6 is 0 Å². The van der Waals surface area contributed by atoms with E-state index in [1.165, 1.54) is 24.3 Å². The van der Waals surface area contributed by atoms with E-state index in [1.807, 2.05) is 7.05 Å². The molecule has 0 fully saturated rings. The van der Waals surface area contributed by atoms with E-state index in [1.54, 1.807) is 6.07 Å². The van der Waals surface area contributed by atoms with Crippen LogP contribution in [0.4, 0.5) is 0 Å². The highest BCUT2D eigenvalue weighted by molar-refractivity contribution is 7.89. The maximum absolute atomic E-state index is 12.3. The largest absolute Gasteiger partial charge is 0.423 e. The molecular weight excluding hydrogens is 316 g/mol. The van der Waals surface area contributed by atoms with Gasteiger partial charge in [-0.25, -0.2) is 17.9 Å². The molecule has 6 nitrogen and oxygen atoms in total. The Balaban J connectivity index is 2.10. The third-order valence-corrected chi connectivity index (χ3v) is 5.46. The van der Waals surface area contributed by atoms with Crippen LogP contribution in [-0.4, -0.2) is 39.5 Å². The van der Waals surface area contributed by atoms with E-state index in [-0.39, 0.29) is 4.90 Å². The lowest BCUT2D eigenvalue weighted by Crippen LogP contribution is -2.37. The van der Waals surface area contributed by atoms with Crippen LogP contribution < -0.4 is 10.3 Å². The van der Waals surface area contributed by atoms with Crippen molar-refractivity contribution in [1.29, 1.82) is 0 Å². The summed E-state index contributed by atoms with van der Waals surface area (Å²) in [7, 11) is -1.61. The molecule has 7 heteroatoms. The fraction of sp³-hybridized carbons (Fsp3) is 0.438. The topological polar surface area (TPSA) is 79.6 Å². The van der Waals surface area contributed by atoms with Gasteiger partial charge in [-0.3, -0.25) is 0 Å². The first kappa shape index (κ1) is 17.7. The highest BCUT2D eigenvalue weighted by Gasteiger charge is 2.15. The van der Waals surface area contributed by atoms with Crippen molar-refractivity contribution in [2.45, 2.75) is 31.2 Å². The van der Waals surface area contributed by atoms with Gasteiger partial charge in [0.05, 0.1) is 4.90 Å². The summed E-state index contributed by atoms with van der Waals surface area (Å²) in [6.07, 6.45) is 1.01. The molecule has 1 N–H and O–H groups in total. The van der Waals surface area contributed by atoms with Gasteiger partial charge in [-0.1, -0.05) is 6.92 Å². The van der Waals surface area contributed by atoms with E-state index >= 15 is 0 Å². The van der Waals surface area contributed by atoms with Gasteiger partial charge in [-0.15, -0.1) is 0 Å². The van der Waals surface area contributed by atoms with Crippen LogP contribution in [0.5, 0.6) is 0 Å². The second-order valence-electron chi connectivity index (χ2n) is 5.59. The van der Waals surface area contributed by atoms with Crippen molar-refractivity contribution in [3.05, 3.63) is 40.8 Å². The molecule has 0 saturated heterocycles. The monoisotopic (exact) mass is 338 g/mol. The van der Waals surface area contributed by atoms with Gasteiger partial charge in [0, 0.05) is 30.6 Å². The molecule has 0 amide bonds. The van der Waals surface area contributed by atoms with Crippen LogP contribution in [0.15, 0.2) is 44.4 Å². The van der Waals surface area contributed by atoms with E-state index in [9.17, 15) is 13.2 Å². The molecule has 0 radical (unpaired) electrons. The van der Waals surface area contributed by atoms with Crippen LogP contribution in [-0.2, 0) is 10.0 Å². The van der Waals surface area contributed by atoms with Crippen molar-refractivity contribution in [3.8, 4) is 0 Å².